The van der Waals surface area contributed by atoms with E-state index in [0.29, 0.717) is 0 Å². The van der Waals surface area contributed by atoms with Crippen LogP contribution in [0.5, 0.6) is 0 Å². The summed E-state index contributed by atoms with van der Waals surface area (Å²) in [7, 11) is 0. The molecule has 13 aromatic rings. The fourth-order valence-corrected chi connectivity index (χ4v) is 11.1. The second kappa shape index (κ2) is 15.3. The van der Waals surface area contributed by atoms with E-state index in [2.05, 4.69) is 243 Å². The van der Waals surface area contributed by atoms with Gasteiger partial charge in [-0.1, -0.05) is 182 Å². The van der Waals surface area contributed by atoms with Crippen LogP contribution < -0.4 is 0 Å². The quantitative estimate of drug-likeness (QED) is 0.146. The van der Waals surface area contributed by atoms with Crippen molar-refractivity contribution in [1.29, 1.82) is 0 Å². The van der Waals surface area contributed by atoms with Gasteiger partial charge >= 0.3 is 0 Å². The highest BCUT2D eigenvalue weighted by Crippen LogP contribution is 2.40. The molecule has 0 fully saturated rings. The first-order valence-electron chi connectivity index (χ1n) is 22.4. The minimum absolute atomic E-state index is 1.19. The average molecular weight is 841 g/mol. The third kappa shape index (κ3) is 6.68. The highest BCUT2D eigenvalue weighted by Gasteiger charge is 2.13. The summed E-state index contributed by atoms with van der Waals surface area (Å²) in [4.78, 5) is 0. The van der Waals surface area contributed by atoms with Gasteiger partial charge < -0.3 is 0 Å². The summed E-state index contributed by atoms with van der Waals surface area (Å²) in [6.07, 6.45) is 0. The van der Waals surface area contributed by atoms with E-state index in [0.717, 1.165) is 0 Å². The Hall–Kier alpha value is -8.10. The van der Waals surface area contributed by atoms with Gasteiger partial charge in [-0.2, -0.15) is 0 Å². The van der Waals surface area contributed by atoms with Crippen molar-refractivity contribution in [2.45, 2.75) is 0 Å². The molecule has 0 amide bonds. The number of rotatable bonds is 6. The molecule has 0 bridgehead atoms. The molecule has 12 aromatic carbocycles. The Morgan fingerprint density at radius 1 is 0.169 bits per heavy atom. The minimum atomic E-state index is 1.19. The summed E-state index contributed by atoms with van der Waals surface area (Å²) in [5.74, 6) is 0. The average Bonchev–Trinajstić information content (AvgIpc) is 3.76. The number of hydrogen-bond acceptors (Lipinski definition) is 1. The molecule has 0 radical (unpaired) electrons. The van der Waals surface area contributed by atoms with Crippen LogP contribution in [0.3, 0.4) is 0 Å². The Bertz CT molecular complexity index is 3790. The molecule has 0 spiro atoms. The molecule has 0 nitrogen and oxygen atoms in total. The Labute approximate surface area is 382 Å². The highest BCUT2D eigenvalue weighted by molar-refractivity contribution is 7.25. The third-order valence-corrected chi connectivity index (χ3v) is 14.6. The Balaban J connectivity index is 0.931. The van der Waals surface area contributed by atoms with Crippen LogP contribution in [-0.4, -0.2) is 0 Å². The third-order valence-electron chi connectivity index (χ3n) is 13.4. The summed E-state index contributed by atoms with van der Waals surface area (Å²) in [6, 6.07) is 90.0. The predicted molar refractivity (Wildman–Crippen MR) is 282 cm³/mol. The van der Waals surface area contributed by atoms with E-state index in [1.807, 2.05) is 11.3 Å². The van der Waals surface area contributed by atoms with Gasteiger partial charge in [0.1, 0.15) is 0 Å². The Kier molecular flexibility index (Phi) is 8.82. The molecule has 0 saturated carbocycles. The van der Waals surface area contributed by atoms with E-state index in [-0.39, 0.29) is 0 Å². The van der Waals surface area contributed by atoms with Crippen molar-refractivity contribution in [2.24, 2.45) is 0 Å². The van der Waals surface area contributed by atoms with E-state index >= 15 is 0 Å². The van der Waals surface area contributed by atoms with Crippen molar-refractivity contribution in [3.63, 3.8) is 0 Å². The zero-order chi connectivity index (χ0) is 42.8. The van der Waals surface area contributed by atoms with E-state index in [9.17, 15) is 0 Å². The molecule has 302 valence electrons. The molecular formula is C64H40S. The smallest absolute Gasteiger partial charge is 0.0355 e. The minimum Gasteiger partial charge on any atom is -0.135 e. The summed E-state index contributed by atoms with van der Waals surface area (Å²) in [6.45, 7) is 0. The van der Waals surface area contributed by atoms with E-state index in [1.165, 1.54) is 130 Å². The van der Waals surface area contributed by atoms with Crippen LogP contribution in [0, 0.1) is 0 Å². The lowest BCUT2D eigenvalue weighted by molar-refractivity contribution is 1.58. The Morgan fingerprint density at radius 3 is 1.08 bits per heavy atom. The second-order valence-corrected chi connectivity index (χ2v) is 18.4. The standard InChI is InChI=1S/C64H40S/c1-3-9-41(10-4-1)49-23-19-45-21-25-52-33-47(27-30-57(52)60(45)38-49)55-35-54(44-17-15-43(16-18-44)51-29-32-64-62(40-51)59-13-7-8-14-63(59)65-64)36-56(37-55)48-28-31-58-53(34-48)26-22-46-20-24-50(39-61(46)58)42-11-5-2-6-12-42/h1-40H. The number of hydrogen-bond donors (Lipinski definition) is 0. The normalized spacial score (nSPS) is 11.7. The summed E-state index contributed by atoms with van der Waals surface area (Å²) < 4.78 is 2.66. The number of benzene rings is 12. The van der Waals surface area contributed by atoms with Gasteiger partial charge in [0, 0.05) is 20.2 Å². The largest absolute Gasteiger partial charge is 0.135 e. The van der Waals surface area contributed by atoms with Crippen molar-refractivity contribution < 1.29 is 0 Å². The maximum atomic E-state index is 2.38. The molecule has 1 aromatic heterocycles. The topological polar surface area (TPSA) is 0 Å². The van der Waals surface area contributed by atoms with Crippen LogP contribution in [0.1, 0.15) is 0 Å². The van der Waals surface area contributed by atoms with Crippen LogP contribution in [-0.2, 0) is 0 Å². The van der Waals surface area contributed by atoms with Gasteiger partial charge in [-0.15, -0.1) is 11.3 Å². The van der Waals surface area contributed by atoms with Crippen molar-refractivity contribution in [2.75, 3.05) is 0 Å². The fourth-order valence-electron chi connectivity index (χ4n) is 9.99. The summed E-state index contributed by atoms with van der Waals surface area (Å²) in [5, 5.41) is 12.7. The molecule has 1 heterocycles. The molecule has 65 heavy (non-hydrogen) atoms. The maximum Gasteiger partial charge on any atom is 0.0355 e. The van der Waals surface area contributed by atoms with Gasteiger partial charge in [0.2, 0.25) is 0 Å². The molecule has 13 rings (SSSR count). The lowest BCUT2D eigenvalue weighted by Crippen LogP contribution is -1.88. The summed E-state index contributed by atoms with van der Waals surface area (Å²) >= 11 is 1.86. The van der Waals surface area contributed by atoms with E-state index in [4.69, 9.17) is 0 Å². The van der Waals surface area contributed by atoms with Gasteiger partial charge in [-0.05, 0) is 171 Å². The highest BCUT2D eigenvalue weighted by atomic mass is 32.1. The van der Waals surface area contributed by atoms with Crippen molar-refractivity contribution in [3.05, 3.63) is 243 Å². The first kappa shape index (κ1) is 37.5. The lowest BCUT2D eigenvalue weighted by Gasteiger charge is -2.14. The molecule has 0 aliphatic carbocycles. The predicted octanol–water partition coefficient (Wildman–Crippen LogP) is 18.7. The molecular weight excluding hydrogens is 801 g/mol. The van der Waals surface area contributed by atoms with Gasteiger partial charge in [-0.3, -0.25) is 0 Å². The maximum absolute atomic E-state index is 2.38. The van der Waals surface area contributed by atoms with Gasteiger partial charge in [0.25, 0.3) is 0 Å². The Morgan fingerprint density at radius 2 is 0.523 bits per heavy atom. The van der Waals surface area contributed by atoms with Gasteiger partial charge in [0.05, 0.1) is 0 Å². The number of thiophene rings is 1. The first-order valence-corrected chi connectivity index (χ1v) is 23.2. The molecule has 0 atom stereocenters. The van der Waals surface area contributed by atoms with Crippen LogP contribution >= 0.6 is 11.3 Å². The van der Waals surface area contributed by atoms with Gasteiger partial charge in [-0.25, -0.2) is 0 Å². The molecule has 0 aliphatic heterocycles. The van der Waals surface area contributed by atoms with Gasteiger partial charge in [0.15, 0.2) is 0 Å². The van der Waals surface area contributed by atoms with Crippen LogP contribution in [0.15, 0.2) is 243 Å². The molecule has 0 aliphatic rings. The zero-order valence-corrected chi connectivity index (χ0v) is 36.3. The fraction of sp³-hybridized carbons (Fsp3) is 0. The van der Waals surface area contributed by atoms with Crippen LogP contribution in [0.25, 0.3) is 130 Å². The monoisotopic (exact) mass is 840 g/mol. The molecule has 0 unspecified atom stereocenters. The molecule has 1 heteroatoms. The summed E-state index contributed by atoms with van der Waals surface area (Å²) in [5.41, 5.74) is 14.6. The lowest BCUT2D eigenvalue weighted by atomic mass is 9.90. The van der Waals surface area contributed by atoms with E-state index in [1.54, 1.807) is 0 Å². The van der Waals surface area contributed by atoms with Crippen molar-refractivity contribution in [1.82, 2.24) is 0 Å². The number of fused-ring (bicyclic) bond motifs is 9. The van der Waals surface area contributed by atoms with E-state index < -0.39 is 0 Å². The molecule has 0 N–H and O–H groups in total. The second-order valence-electron chi connectivity index (χ2n) is 17.3. The SMILES string of the molecule is c1ccc(-c2ccc3ccc4cc(-c5cc(-c6ccc(-c7ccc8sc9ccccc9c8c7)cc6)cc(-c6ccc7c(ccc8ccc(-c9ccccc9)cc87)c6)c5)ccc4c3c2)cc1. The first-order chi connectivity index (χ1) is 32.1. The van der Waals surface area contributed by atoms with Crippen LogP contribution in [0.2, 0.25) is 0 Å². The van der Waals surface area contributed by atoms with Crippen molar-refractivity contribution in [3.8, 4) is 66.8 Å². The molecule has 0 saturated heterocycles. The van der Waals surface area contributed by atoms with Crippen LogP contribution in [0.4, 0.5) is 0 Å². The zero-order valence-electron chi connectivity index (χ0n) is 35.5. The van der Waals surface area contributed by atoms with Crippen molar-refractivity contribution >= 4 is 74.6 Å².